The molecule has 1 amide bonds. The minimum Gasteiger partial charge on any atom is -0.393 e. The van der Waals surface area contributed by atoms with E-state index in [-0.39, 0.29) is 24.0 Å². The number of hydrogen-bond donors (Lipinski definition) is 2. The van der Waals surface area contributed by atoms with Crippen molar-refractivity contribution >= 4 is 5.91 Å². The van der Waals surface area contributed by atoms with Gasteiger partial charge in [0.2, 0.25) is 5.91 Å². The van der Waals surface area contributed by atoms with Crippen molar-refractivity contribution < 1.29 is 9.90 Å². The summed E-state index contributed by atoms with van der Waals surface area (Å²) in [7, 11) is 0. The molecule has 0 radical (unpaired) electrons. The largest absolute Gasteiger partial charge is 0.393 e. The molecule has 2 fully saturated rings. The molecule has 1 aliphatic carbocycles. The minimum atomic E-state index is -0.248. The van der Waals surface area contributed by atoms with Crippen LogP contribution in [0.15, 0.2) is 0 Å². The van der Waals surface area contributed by atoms with Crippen LogP contribution < -0.4 is 5.32 Å². The average Bonchev–Trinajstić information content (AvgIpc) is 2.07. The van der Waals surface area contributed by atoms with Crippen LogP contribution in [0.4, 0.5) is 0 Å². The molecule has 1 aliphatic heterocycles. The summed E-state index contributed by atoms with van der Waals surface area (Å²) in [5, 5.41) is 12.1. The predicted octanol–water partition coefficient (Wildman–Crippen LogP) is -0.354. The molecule has 56 valence electrons. The first-order valence-corrected chi connectivity index (χ1v) is 3.74. The molecule has 0 aromatic carbocycles. The molecule has 1 saturated carbocycles. The summed E-state index contributed by atoms with van der Waals surface area (Å²) in [5.74, 6) is 0.246. The van der Waals surface area contributed by atoms with Gasteiger partial charge in [0, 0.05) is 12.0 Å². The smallest absolute Gasteiger partial charge is 0.223 e. The van der Waals surface area contributed by atoms with Crippen molar-refractivity contribution in [2.24, 2.45) is 5.92 Å². The lowest BCUT2D eigenvalue weighted by molar-refractivity contribution is -0.122. The molecular formula is C7H11NO2. The van der Waals surface area contributed by atoms with E-state index in [0.717, 1.165) is 12.8 Å². The maximum absolute atomic E-state index is 11.0. The zero-order valence-electron chi connectivity index (χ0n) is 5.71. The van der Waals surface area contributed by atoms with Gasteiger partial charge in [-0.1, -0.05) is 0 Å². The number of amides is 1. The molecule has 0 spiro atoms. The zero-order valence-corrected chi connectivity index (χ0v) is 5.71. The highest BCUT2D eigenvalue weighted by molar-refractivity contribution is 5.81. The molecule has 2 aliphatic rings. The molecule has 1 heterocycles. The number of carbonyl (C=O) groups excluding carboxylic acids is 1. The molecule has 0 aromatic heterocycles. The standard InChI is InChI=1S/C7H11NO2/c9-6-2-4-1-5(3-6)8-7(4)10/h4-6,9H,1-3H2,(H,8,10)/t4-,5-,6-/m1/s1. The highest BCUT2D eigenvalue weighted by atomic mass is 16.3. The van der Waals surface area contributed by atoms with Gasteiger partial charge in [-0.05, 0) is 19.3 Å². The number of fused-ring (bicyclic) bond motifs is 2. The Morgan fingerprint density at radius 3 is 2.90 bits per heavy atom. The zero-order chi connectivity index (χ0) is 7.14. The van der Waals surface area contributed by atoms with Crippen LogP contribution >= 0.6 is 0 Å². The number of carbonyl (C=O) groups is 1. The lowest BCUT2D eigenvalue weighted by Crippen LogP contribution is -2.28. The molecule has 3 nitrogen and oxygen atoms in total. The normalized spacial score (nSPS) is 45.3. The molecule has 10 heavy (non-hydrogen) atoms. The monoisotopic (exact) mass is 141 g/mol. The van der Waals surface area contributed by atoms with Crippen LogP contribution in [0.3, 0.4) is 0 Å². The van der Waals surface area contributed by atoms with Crippen molar-refractivity contribution in [2.45, 2.75) is 31.4 Å². The summed E-state index contributed by atoms with van der Waals surface area (Å²) in [6.45, 7) is 0. The van der Waals surface area contributed by atoms with Crippen molar-refractivity contribution in [1.29, 1.82) is 0 Å². The summed E-state index contributed by atoms with van der Waals surface area (Å²) in [6, 6.07) is 0.265. The van der Waals surface area contributed by atoms with Gasteiger partial charge in [0.15, 0.2) is 0 Å². The summed E-state index contributed by atoms with van der Waals surface area (Å²) < 4.78 is 0. The van der Waals surface area contributed by atoms with Crippen LogP contribution in [0.5, 0.6) is 0 Å². The Balaban J connectivity index is 2.13. The third-order valence-electron chi connectivity index (χ3n) is 2.40. The van der Waals surface area contributed by atoms with E-state index in [1.807, 2.05) is 0 Å². The van der Waals surface area contributed by atoms with Crippen molar-refractivity contribution in [3.8, 4) is 0 Å². The molecule has 2 N–H and O–H groups in total. The van der Waals surface area contributed by atoms with Gasteiger partial charge >= 0.3 is 0 Å². The van der Waals surface area contributed by atoms with Crippen LogP contribution in [-0.4, -0.2) is 23.2 Å². The predicted molar refractivity (Wildman–Crippen MR) is 35.3 cm³/mol. The second-order valence-corrected chi connectivity index (χ2v) is 3.26. The quantitative estimate of drug-likeness (QED) is 0.484. The third-order valence-corrected chi connectivity index (χ3v) is 2.40. The second-order valence-electron chi connectivity index (χ2n) is 3.26. The fourth-order valence-corrected chi connectivity index (χ4v) is 1.94. The van der Waals surface area contributed by atoms with Crippen molar-refractivity contribution in [2.75, 3.05) is 0 Å². The molecule has 3 atom stereocenters. The maximum Gasteiger partial charge on any atom is 0.223 e. The lowest BCUT2D eigenvalue weighted by atomic mass is 9.88. The molecule has 0 unspecified atom stereocenters. The van der Waals surface area contributed by atoms with Crippen LogP contribution in [0, 0.1) is 5.92 Å². The van der Waals surface area contributed by atoms with E-state index in [9.17, 15) is 9.90 Å². The Bertz CT molecular complexity index is 169. The van der Waals surface area contributed by atoms with Crippen molar-refractivity contribution in [3.05, 3.63) is 0 Å². The summed E-state index contributed by atoms with van der Waals surface area (Å²) in [6.07, 6.45) is 2.11. The van der Waals surface area contributed by atoms with E-state index >= 15 is 0 Å². The Labute approximate surface area is 59.4 Å². The third kappa shape index (κ3) is 0.814. The Morgan fingerprint density at radius 1 is 1.40 bits per heavy atom. The SMILES string of the molecule is O=C1N[C@H]2C[C@H](O)C[C@H]1C2. The van der Waals surface area contributed by atoms with Crippen LogP contribution in [0.2, 0.25) is 0 Å². The van der Waals surface area contributed by atoms with Gasteiger partial charge < -0.3 is 10.4 Å². The fraction of sp³-hybridized carbons (Fsp3) is 0.857. The lowest BCUT2D eigenvalue weighted by Gasteiger charge is -2.20. The Morgan fingerprint density at radius 2 is 2.20 bits per heavy atom. The van der Waals surface area contributed by atoms with Gasteiger partial charge in [-0.25, -0.2) is 0 Å². The second kappa shape index (κ2) is 1.95. The maximum atomic E-state index is 11.0. The number of aliphatic hydroxyl groups is 1. The van der Waals surface area contributed by atoms with Gasteiger partial charge in [0.25, 0.3) is 0 Å². The molecule has 1 saturated heterocycles. The minimum absolute atomic E-state index is 0.105. The van der Waals surface area contributed by atoms with Crippen LogP contribution in [-0.2, 0) is 4.79 Å². The first-order chi connectivity index (χ1) is 4.75. The molecular weight excluding hydrogens is 130 g/mol. The van der Waals surface area contributed by atoms with Crippen LogP contribution in [0.1, 0.15) is 19.3 Å². The van der Waals surface area contributed by atoms with Crippen molar-refractivity contribution in [1.82, 2.24) is 5.32 Å². The summed E-state index contributed by atoms with van der Waals surface area (Å²) >= 11 is 0. The van der Waals surface area contributed by atoms with E-state index in [1.165, 1.54) is 0 Å². The first kappa shape index (κ1) is 6.16. The van der Waals surface area contributed by atoms with Gasteiger partial charge in [0.05, 0.1) is 6.10 Å². The van der Waals surface area contributed by atoms with Gasteiger partial charge in [0.1, 0.15) is 0 Å². The van der Waals surface area contributed by atoms with Crippen LogP contribution in [0.25, 0.3) is 0 Å². The highest BCUT2D eigenvalue weighted by Gasteiger charge is 2.38. The molecule has 0 aromatic rings. The molecule has 2 bridgehead atoms. The van der Waals surface area contributed by atoms with E-state index < -0.39 is 0 Å². The van der Waals surface area contributed by atoms with E-state index in [2.05, 4.69) is 5.32 Å². The fourth-order valence-electron chi connectivity index (χ4n) is 1.94. The van der Waals surface area contributed by atoms with Gasteiger partial charge in [-0.15, -0.1) is 0 Å². The van der Waals surface area contributed by atoms with E-state index in [1.54, 1.807) is 0 Å². The Kier molecular flexibility index (Phi) is 1.20. The van der Waals surface area contributed by atoms with Gasteiger partial charge in [-0.3, -0.25) is 4.79 Å². The average molecular weight is 141 g/mol. The first-order valence-electron chi connectivity index (χ1n) is 3.74. The number of hydrogen-bond acceptors (Lipinski definition) is 2. The molecule has 2 rings (SSSR count). The highest BCUT2D eigenvalue weighted by Crippen LogP contribution is 2.29. The van der Waals surface area contributed by atoms with Crippen molar-refractivity contribution in [3.63, 3.8) is 0 Å². The number of aliphatic hydroxyl groups excluding tert-OH is 1. The number of rotatable bonds is 0. The summed E-state index contributed by atoms with van der Waals surface area (Å²) in [5.41, 5.74) is 0. The number of nitrogens with one attached hydrogen (secondary N) is 1. The Hall–Kier alpha value is -0.570. The topological polar surface area (TPSA) is 49.3 Å². The molecule has 3 heteroatoms. The van der Waals surface area contributed by atoms with Gasteiger partial charge in [-0.2, -0.15) is 0 Å². The summed E-state index contributed by atoms with van der Waals surface area (Å²) in [4.78, 5) is 11.0. The van der Waals surface area contributed by atoms with E-state index in [0.29, 0.717) is 6.42 Å². The van der Waals surface area contributed by atoms with E-state index in [4.69, 9.17) is 0 Å².